The second-order valence-electron chi connectivity index (χ2n) is 31.4. The Morgan fingerprint density at radius 3 is 1.18 bits per heavy atom. The molecule has 9 aliphatic heterocycles. The van der Waals surface area contributed by atoms with Gasteiger partial charge in [0.15, 0.2) is 88.0 Å². The van der Waals surface area contributed by atoms with Gasteiger partial charge >= 0.3 is 46.9 Å². The Hall–Kier alpha value is -9.91. The molecular weight excluding hydrogens is 1950 g/mol. The zero-order chi connectivity index (χ0) is 96.2. The average molecular weight is 2030 g/mol. The molecule has 0 radical (unpaired) electrons. The molecular formula is C65H79N27O38P6. The van der Waals surface area contributed by atoms with Crippen LogP contribution in [0.5, 0.6) is 0 Å². The molecule has 21 heterocycles. The van der Waals surface area contributed by atoms with Crippen molar-refractivity contribution in [3.8, 4) is 0 Å². The summed E-state index contributed by atoms with van der Waals surface area (Å²) in [7, 11) is -30.3. The average Bonchev–Trinajstić information content (AvgIpc) is 1.57. The van der Waals surface area contributed by atoms with Gasteiger partial charge in [0.2, 0.25) is 11.9 Å². The first-order chi connectivity index (χ1) is 64.5. The van der Waals surface area contributed by atoms with Gasteiger partial charge in [-0.2, -0.15) is 9.97 Å². The molecule has 6 unspecified atom stereocenters. The summed E-state index contributed by atoms with van der Waals surface area (Å²) >= 11 is 0. The van der Waals surface area contributed by atoms with Crippen molar-refractivity contribution in [3.05, 3.63) is 112 Å². The maximum absolute atomic E-state index is 13.4. The number of rotatable bonds is 7. The minimum atomic E-state index is -5.12. The Morgan fingerprint density at radius 2 is 0.713 bits per heavy atom. The van der Waals surface area contributed by atoms with E-state index in [-0.39, 0.29) is 80.4 Å². The first kappa shape index (κ1) is 95.0. The van der Waals surface area contributed by atoms with Gasteiger partial charge in [-0.3, -0.25) is 101 Å². The molecule has 26 N–H and O–H groups in total. The van der Waals surface area contributed by atoms with Crippen LogP contribution in [0.3, 0.4) is 0 Å². The number of phosphoric acid groups is 6. The highest BCUT2D eigenvalue weighted by molar-refractivity contribution is 7.48. The van der Waals surface area contributed by atoms with E-state index >= 15 is 0 Å². The third kappa shape index (κ3) is 18.1. The fourth-order valence-electron chi connectivity index (χ4n) is 16.7. The molecule has 0 amide bonds. The molecule has 0 aliphatic carbocycles. The lowest BCUT2D eigenvalue weighted by Crippen LogP contribution is -2.36. The van der Waals surface area contributed by atoms with Crippen LogP contribution in [0, 0.1) is 12.8 Å². The van der Waals surface area contributed by atoms with Crippen molar-refractivity contribution >= 4 is 143 Å². The monoisotopic (exact) mass is 2030 g/mol. The fourth-order valence-corrected chi connectivity index (χ4v) is 22.4. The summed E-state index contributed by atoms with van der Waals surface area (Å²) in [5, 5.41) is 56.1. The number of aryl methyl sites for hydroxylation is 1. The zero-order valence-electron chi connectivity index (χ0n) is 68.9. The summed E-state index contributed by atoms with van der Waals surface area (Å²) in [6.45, 7) is -3.26. The van der Waals surface area contributed by atoms with Gasteiger partial charge in [-0.15, -0.1) is 0 Å². The van der Waals surface area contributed by atoms with Gasteiger partial charge < -0.3 is 127 Å². The molecule has 65 nitrogen and oxygen atoms in total. The van der Waals surface area contributed by atoms with Crippen LogP contribution in [0.25, 0.3) is 66.9 Å². The van der Waals surface area contributed by atoms with Crippen LogP contribution in [0.15, 0.2) is 89.1 Å². The lowest BCUT2D eigenvalue weighted by molar-refractivity contribution is -0.0673. The molecule has 6 bridgehead atoms. The van der Waals surface area contributed by atoms with Crippen LogP contribution in [-0.2, 0) is 110 Å². The van der Waals surface area contributed by atoms with E-state index in [9.17, 15) is 96.7 Å². The number of nitrogens with one attached hydrogen (secondary N) is 3. The van der Waals surface area contributed by atoms with Crippen molar-refractivity contribution in [2.24, 2.45) is 11.7 Å². The Morgan fingerprint density at radius 1 is 0.368 bits per heavy atom. The Labute approximate surface area is 753 Å². The van der Waals surface area contributed by atoms with E-state index in [0.29, 0.717) is 27.9 Å². The summed E-state index contributed by atoms with van der Waals surface area (Å²) in [5.74, 6) is -1.13. The number of nitrogens with two attached hydrogens (primary N) is 6. The molecule has 71 heteroatoms. The van der Waals surface area contributed by atoms with Crippen LogP contribution >= 0.6 is 46.9 Å². The number of pyridine rings is 2. The highest BCUT2D eigenvalue weighted by atomic mass is 31.2. The molecule has 0 aromatic carbocycles. The summed E-state index contributed by atoms with van der Waals surface area (Å²) in [6.07, 6.45) is -23.3. The Kier molecular flexibility index (Phi) is 25.2. The fraction of sp³-hybridized carbons (Fsp3) is 0.492. The summed E-state index contributed by atoms with van der Waals surface area (Å²) < 4.78 is 185. The highest BCUT2D eigenvalue weighted by Gasteiger charge is 2.59. The quantitative estimate of drug-likeness (QED) is 0.0672. The standard InChI is InChI=1S/C22H28N10O12P2.C22H25N7O13P2.C21H26N10O13P2/c23-3-8-10-4-39-46(37,38)44-16-11(42-20(14(16)33)31-6-27-12-9(24)1-2-26-17(12)31)5-40-45(35,36)43-15(8)21(41-10)32-7-28-13-18(32)29-22(25)30-19(13)34;23-10-1-3-24-18-9(10)2-4-28(18)21-15(31)16-12(40-21)6-38-44(35,36)42-17-14(30)11(5-37-43(33,34)41-16)39-22(17)29-8-27-13-19(29)25-7-26-20(13)32;1-6-26-15(22)9-16(27-6)30(4-24-9)19-12(33)13-8(42-19)3-40-46(37,38)44-14-11(32)7(2-39-45(35,36)43-13)41-20(14)31-5-25-10-17(31)28-21(23)29-18(10)34/h1-2,6-8,10-11,14-16,20-21,33H,3-5,23H2,(H2,24,26)(H,35,36)(H,37,38)(H3,25,29,30,34);1-4,7-8,11-12,14-17,21-22,30-31H,5-6H2,(H2,23,24)(H,33,34)(H,35,36)(H,25,26,32);4-5,7-8,11-14,19-20,32-33H,2-3H2,1H3,(H,35,36)(H,37,38)(H2,22,26,27)(H3,23,28,29,34)/t8-,10-,11-,14-,15-,16-,20-,21-;11-,12-,14-,15-,16-,17-,21-,22-;7-,8-,11-,12-,13-,14-,19-,20-/m111/s1. The summed E-state index contributed by atoms with van der Waals surface area (Å²) in [5.41, 5.74) is 34.6. The number of imidazole rings is 5. The smallest absolute Gasteiger partial charge is 0.398 e. The largest absolute Gasteiger partial charge is 0.472 e. The number of aromatic nitrogens is 21. The first-order valence-electron chi connectivity index (χ1n) is 40.1. The number of aromatic amines is 3. The van der Waals surface area contributed by atoms with Gasteiger partial charge in [-0.25, -0.2) is 77.2 Å². The SMILES string of the molecule is Cc1nc(N)c2ncn([C@@H]3O[C@@H]4COP(=O)(O)O[C@@H]5[C@H](O)[C@@H](COP(=O)(O)O[C@H]4[C@H]3O)O[C@H]5n3cnc4c(=O)[nH]c(N)nc43)c2n1.NC[C@H]1[C@H]2OP(=O)(O)OC[C@H]3O[C@@H](n4cnc5c(N)ccnc54)[C@H](O)[C@@H]3OP(=O)(O)OC[C@H]1O[C@H]2n1cnc2c(=O)[nH]c(N)nc21.Nc1ccnc2c1ccn2[C@@H]1O[C@@H]2COP(=O)(O)O[C@@H]3[C@H](O)[C@@H](COP(=O)(O)O[C@H]2[C@H]1O)O[C@H]3n1cnc2c(=O)[nH]cnc21. The highest BCUT2D eigenvalue weighted by Crippen LogP contribution is 2.59. The van der Waals surface area contributed by atoms with Crippen LogP contribution in [0.1, 0.15) is 43.2 Å². The molecule has 12 aromatic rings. The molecule has 136 heavy (non-hydrogen) atoms. The molecule has 9 aliphatic rings. The van der Waals surface area contributed by atoms with Crippen LogP contribution in [0.4, 0.5) is 29.1 Å². The van der Waals surface area contributed by atoms with Gasteiger partial charge in [-0.1, -0.05) is 0 Å². The molecule has 12 aromatic heterocycles. The molecule has 0 saturated carbocycles. The van der Waals surface area contributed by atoms with Gasteiger partial charge in [-0.05, 0) is 25.1 Å². The lowest BCUT2D eigenvalue weighted by Gasteiger charge is -2.26. The van der Waals surface area contributed by atoms with Crippen molar-refractivity contribution in [1.29, 1.82) is 0 Å². The van der Waals surface area contributed by atoms with Gasteiger partial charge in [0.25, 0.3) is 16.7 Å². The minimum Gasteiger partial charge on any atom is -0.398 e. The second kappa shape index (κ2) is 36.1. The number of phosphoric ester groups is 6. The van der Waals surface area contributed by atoms with E-state index in [4.69, 9.17) is 117 Å². The topological polar surface area (TPSA) is 930 Å². The van der Waals surface area contributed by atoms with Crippen molar-refractivity contribution in [1.82, 2.24) is 102 Å². The number of nitrogens with zero attached hydrogens (tertiary/aromatic N) is 18. The summed E-state index contributed by atoms with van der Waals surface area (Å²) in [4.78, 5) is 157. The van der Waals surface area contributed by atoms with E-state index in [0.717, 1.165) is 23.5 Å². The molecule has 9 saturated heterocycles. The predicted molar refractivity (Wildman–Crippen MR) is 444 cm³/mol. The second-order valence-corrected chi connectivity index (χ2v) is 39.9. The zero-order valence-corrected chi connectivity index (χ0v) is 74.2. The van der Waals surface area contributed by atoms with E-state index in [2.05, 4.69) is 74.8 Å². The van der Waals surface area contributed by atoms with Crippen molar-refractivity contribution in [2.75, 3.05) is 74.9 Å². The van der Waals surface area contributed by atoms with Crippen molar-refractivity contribution in [2.45, 2.75) is 148 Å². The number of aliphatic hydroxyl groups is 5. The van der Waals surface area contributed by atoms with Gasteiger partial charge in [0.1, 0.15) is 120 Å². The van der Waals surface area contributed by atoms with E-state index < -0.39 is 250 Å². The lowest BCUT2D eigenvalue weighted by atomic mass is 9.99. The predicted octanol–water partition coefficient (Wildman–Crippen LogP) is -4.27. The molecule has 21 rings (SSSR count). The number of nitrogen functional groups attached to an aromatic ring is 5. The number of anilines is 5. The molecule has 9 fully saturated rings. The van der Waals surface area contributed by atoms with Crippen molar-refractivity contribution in [3.63, 3.8) is 0 Å². The number of hydrogen-bond donors (Lipinski definition) is 20. The number of fused-ring (bicyclic) bond motifs is 15. The minimum absolute atomic E-state index is 0.0110. The maximum atomic E-state index is 13.4. The molecule has 30 atom stereocenters. The van der Waals surface area contributed by atoms with Gasteiger partial charge in [0.05, 0.1) is 89.4 Å². The first-order valence-corrected chi connectivity index (χ1v) is 49.0. The van der Waals surface area contributed by atoms with Crippen LogP contribution in [-0.4, -0.2) is 307 Å². The molecule has 0 spiro atoms. The third-order valence-electron chi connectivity index (χ3n) is 22.9. The van der Waals surface area contributed by atoms with E-state index in [1.54, 1.807) is 19.1 Å². The normalized spacial score (nSPS) is 37.5. The summed E-state index contributed by atoms with van der Waals surface area (Å²) in [6, 6.07) is 4.73. The van der Waals surface area contributed by atoms with E-state index in [1.807, 2.05) is 0 Å². The Bertz CT molecular complexity index is 7130. The van der Waals surface area contributed by atoms with E-state index in [1.165, 1.54) is 66.5 Å². The van der Waals surface area contributed by atoms with Crippen LogP contribution in [0.2, 0.25) is 0 Å². The van der Waals surface area contributed by atoms with Crippen LogP contribution < -0.4 is 51.1 Å². The number of hydrogen-bond acceptors (Lipinski definition) is 50. The number of H-pyrrole nitrogens is 3. The van der Waals surface area contributed by atoms with Gasteiger partial charge in [0, 0.05) is 42.1 Å². The maximum Gasteiger partial charge on any atom is 0.472 e. The Balaban J connectivity index is 0.000000131. The van der Waals surface area contributed by atoms with Crippen molar-refractivity contribution < 1.29 is 165 Å². The number of aliphatic hydroxyl groups excluding tert-OH is 5. The third-order valence-corrected chi connectivity index (χ3v) is 28.8. The number of ether oxygens (including phenoxy) is 6. The molecule has 732 valence electrons.